The zero-order chi connectivity index (χ0) is 7.94. The van der Waals surface area contributed by atoms with Gasteiger partial charge in [-0.05, 0) is 24.2 Å². The van der Waals surface area contributed by atoms with Crippen LogP contribution in [-0.4, -0.2) is 5.75 Å². The van der Waals surface area contributed by atoms with E-state index in [1.807, 2.05) is 0 Å². The number of hydrogen-bond donors (Lipinski definition) is 0. The van der Waals surface area contributed by atoms with Crippen LogP contribution in [-0.2, 0) is 6.42 Å². The first-order valence-electron chi connectivity index (χ1n) is 3.84. The summed E-state index contributed by atoms with van der Waals surface area (Å²) >= 11 is 1.67. The van der Waals surface area contributed by atoms with Gasteiger partial charge in [-0.25, -0.2) is 0 Å². The summed E-state index contributed by atoms with van der Waals surface area (Å²) in [5.41, 5.74) is 1.43. The Morgan fingerprint density at radius 3 is 2.55 bits per heavy atom. The number of thioether (sulfide) groups is 1. The molecule has 1 aromatic rings. The lowest BCUT2D eigenvalue weighted by atomic mass is 10.1. The minimum Gasteiger partial charge on any atom is -0.161 e. The third kappa shape index (κ3) is 3.47. The average Bonchev–Trinajstić information content (AvgIpc) is 2.07. The van der Waals surface area contributed by atoms with Gasteiger partial charge in [0.05, 0.1) is 0 Å². The second kappa shape index (κ2) is 5.25. The molecule has 0 saturated heterocycles. The van der Waals surface area contributed by atoms with Crippen LogP contribution in [0.4, 0.5) is 0 Å². The minimum absolute atomic E-state index is 1.16. The van der Waals surface area contributed by atoms with E-state index in [0.29, 0.717) is 0 Å². The van der Waals surface area contributed by atoms with E-state index >= 15 is 0 Å². The van der Waals surface area contributed by atoms with E-state index in [2.05, 4.69) is 36.6 Å². The molecule has 0 saturated carbocycles. The maximum absolute atomic E-state index is 3.73. The molecular formula is C10H13S. The molecule has 1 heteroatoms. The molecule has 0 heterocycles. The molecule has 0 nitrogen and oxygen atoms in total. The van der Waals surface area contributed by atoms with E-state index in [0.717, 1.165) is 5.75 Å². The highest BCUT2D eigenvalue weighted by atomic mass is 32.2. The SMILES string of the molecule is [CH2]SCCCc1ccccc1. The number of aryl methyl sites for hydroxylation is 1. The van der Waals surface area contributed by atoms with E-state index in [1.54, 1.807) is 11.8 Å². The summed E-state index contributed by atoms with van der Waals surface area (Å²) in [6.07, 6.45) is 6.15. The average molecular weight is 165 g/mol. The van der Waals surface area contributed by atoms with Gasteiger partial charge in [0.1, 0.15) is 0 Å². The molecule has 1 aromatic carbocycles. The lowest BCUT2D eigenvalue weighted by Gasteiger charge is -1.98. The highest BCUT2D eigenvalue weighted by molar-refractivity contribution is 8.00. The predicted molar refractivity (Wildman–Crippen MR) is 52.6 cm³/mol. The third-order valence-electron chi connectivity index (χ3n) is 1.60. The summed E-state index contributed by atoms with van der Waals surface area (Å²) in [6, 6.07) is 10.6. The van der Waals surface area contributed by atoms with Crippen molar-refractivity contribution < 1.29 is 0 Å². The number of rotatable bonds is 4. The second-order valence-electron chi connectivity index (χ2n) is 2.50. The molecule has 0 unspecified atom stereocenters. The Morgan fingerprint density at radius 2 is 1.91 bits per heavy atom. The van der Waals surface area contributed by atoms with Gasteiger partial charge in [0, 0.05) is 6.26 Å². The smallest absolute Gasteiger partial charge is 0.00235 e. The predicted octanol–water partition coefficient (Wildman–Crippen LogP) is 3.14. The molecule has 0 atom stereocenters. The molecule has 0 bridgehead atoms. The van der Waals surface area contributed by atoms with Gasteiger partial charge in [-0.2, -0.15) is 11.8 Å². The van der Waals surface area contributed by atoms with Crippen molar-refractivity contribution in [3.8, 4) is 0 Å². The van der Waals surface area contributed by atoms with Crippen molar-refractivity contribution in [2.75, 3.05) is 5.75 Å². The van der Waals surface area contributed by atoms with Crippen molar-refractivity contribution in [2.45, 2.75) is 12.8 Å². The van der Waals surface area contributed by atoms with E-state index in [1.165, 1.54) is 18.4 Å². The Balaban J connectivity index is 2.28. The van der Waals surface area contributed by atoms with Crippen molar-refractivity contribution in [1.29, 1.82) is 0 Å². The quantitative estimate of drug-likeness (QED) is 0.618. The third-order valence-corrected chi connectivity index (χ3v) is 2.17. The Labute approximate surface area is 73.0 Å². The van der Waals surface area contributed by atoms with Gasteiger partial charge in [0.2, 0.25) is 0 Å². The molecule has 0 N–H and O–H groups in total. The van der Waals surface area contributed by atoms with Gasteiger partial charge in [-0.3, -0.25) is 0 Å². The largest absolute Gasteiger partial charge is 0.161 e. The summed E-state index contributed by atoms with van der Waals surface area (Å²) in [7, 11) is 0. The van der Waals surface area contributed by atoms with Crippen molar-refractivity contribution in [3.63, 3.8) is 0 Å². The molecule has 0 aliphatic heterocycles. The van der Waals surface area contributed by atoms with E-state index in [9.17, 15) is 0 Å². The molecule has 0 spiro atoms. The standard InChI is InChI=1S/C10H13S/c1-11-9-5-8-10-6-3-2-4-7-10/h2-4,6-7H,1,5,8-9H2. The van der Waals surface area contributed by atoms with Crippen molar-refractivity contribution >= 4 is 11.8 Å². The van der Waals surface area contributed by atoms with E-state index in [-0.39, 0.29) is 0 Å². The van der Waals surface area contributed by atoms with Crippen LogP contribution >= 0.6 is 11.8 Å². The van der Waals surface area contributed by atoms with Crippen LogP contribution in [0.3, 0.4) is 0 Å². The van der Waals surface area contributed by atoms with Gasteiger partial charge in [0.25, 0.3) is 0 Å². The maximum atomic E-state index is 3.73. The molecular weight excluding hydrogens is 152 g/mol. The molecule has 1 rings (SSSR count). The van der Waals surface area contributed by atoms with Crippen LogP contribution in [0, 0.1) is 6.26 Å². The highest BCUT2D eigenvalue weighted by Gasteiger charge is 1.89. The molecule has 11 heavy (non-hydrogen) atoms. The maximum Gasteiger partial charge on any atom is 0.00235 e. The van der Waals surface area contributed by atoms with Gasteiger partial charge >= 0.3 is 0 Å². The van der Waals surface area contributed by atoms with Crippen LogP contribution in [0.5, 0.6) is 0 Å². The Morgan fingerprint density at radius 1 is 1.18 bits per heavy atom. The Bertz CT molecular complexity index is 181. The van der Waals surface area contributed by atoms with E-state index < -0.39 is 0 Å². The van der Waals surface area contributed by atoms with Crippen LogP contribution in [0.2, 0.25) is 0 Å². The number of benzene rings is 1. The van der Waals surface area contributed by atoms with Gasteiger partial charge in [0.15, 0.2) is 0 Å². The zero-order valence-electron chi connectivity index (χ0n) is 6.62. The van der Waals surface area contributed by atoms with Crippen LogP contribution < -0.4 is 0 Å². The normalized spacial score (nSPS) is 9.91. The molecule has 0 fully saturated rings. The first-order valence-corrected chi connectivity index (χ1v) is 5.00. The Kier molecular flexibility index (Phi) is 4.14. The summed E-state index contributed by atoms with van der Waals surface area (Å²) in [5.74, 6) is 1.16. The van der Waals surface area contributed by atoms with Crippen LogP contribution in [0.1, 0.15) is 12.0 Å². The number of hydrogen-bond acceptors (Lipinski definition) is 1. The summed E-state index contributed by atoms with van der Waals surface area (Å²) < 4.78 is 0. The summed E-state index contributed by atoms with van der Waals surface area (Å²) in [4.78, 5) is 0. The molecule has 1 radical (unpaired) electrons. The molecule has 0 aliphatic rings. The van der Waals surface area contributed by atoms with Gasteiger partial charge in [-0.1, -0.05) is 30.3 Å². The first kappa shape index (κ1) is 8.66. The summed E-state index contributed by atoms with van der Waals surface area (Å²) in [6.45, 7) is 0. The lowest BCUT2D eigenvalue weighted by Crippen LogP contribution is -1.85. The molecule has 59 valence electrons. The topological polar surface area (TPSA) is 0 Å². The molecule has 0 aromatic heterocycles. The van der Waals surface area contributed by atoms with Crippen molar-refractivity contribution in [3.05, 3.63) is 42.2 Å². The fraction of sp³-hybridized carbons (Fsp3) is 0.300. The lowest BCUT2D eigenvalue weighted by molar-refractivity contribution is 0.935. The molecule has 0 aliphatic carbocycles. The van der Waals surface area contributed by atoms with Crippen LogP contribution in [0.15, 0.2) is 30.3 Å². The summed E-state index contributed by atoms with van der Waals surface area (Å²) in [5, 5.41) is 0. The first-order chi connectivity index (χ1) is 5.43. The van der Waals surface area contributed by atoms with Crippen molar-refractivity contribution in [2.24, 2.45) is 0 Å². The van der Waals surface area contributed by atoms with Crippen molar-refractivity contribution in [1.82, 2.24) is 0 Å². The van der Waals surface area contributed by atoms with Crippen LogP contribution in [0.25, 0.3) is 0 Å². The fourth-order valence-electron chi connectivity index (χ4n) is 1.02. The monoisotopic (exact) mass is 165 g/mol. The van der Waals surface area contributed by atoms with E-state index in [4.69, 9.17) is 0 Å². The molecule has 0 amide bonds. The highest BCUT2D eigenvalue weighted by Crippen LogP contribution is 2.05. The minimum atomic E-state index is 1.16. The zero-order valence-corrected chi connectivity index (χ0v) is 7.44. The van der Waals surface area contributed by atoms with Gasteiger partial charge in [-0.15, -0.1) is 0 Å². The second-order valence-corrected chi connectivity index (χ2v) is 3.31. The Hall–Kier alpha value is -0.430. The fourth-order valence-corrected chi connectivity index (χ4v) is 1.37. The van der Waals surface area contributed by atoms with Gasteiger partial charge < -0.3 is 0 Å².